The number of carbonyl (C=O) groups is 2. The van der Waals surface area contributed by atoms with Gasteiger partial charge in [0.2, 0.25) is 15.9 Å². The molecule has 1 saturated heterocycles. The number of nitrogens with one attached hydrogen (secondary N) is 1. The third kappa shape index (κ3) is 5.45. The lowest BCUT2D eigenvalue weighted by molar-refractivity contribution is -0.120. The zero-order valence-electron chi connectivity index (χ0n) is 19.2. The van der Waals surface area contributed by atoms with Gasteiger partial charge in [-0.1, -0.05) is 11.6 Å². The minimum Gasteiger partial charge on any atom is -0.492 e. The van der Waals surface area contributed by atoms with Crippen molar-refractivity contribution in [2.24, 2.45) is 5.92 Å². The second-order valence-electron chi connectivity index (χ2n) is 8.05. The second kappa shape index (κ2) is 10.5. The molecule has 11 heteroatoms. The number of sulfonamides is 1. The zero-order valence-corrected chi connectivity index (χ0v) is 21.6. The van der Waals surface area contributed by atoms with Gasteiger partial charge in [0, 0.05) is 34.4 Å². The van der Waals surface area contributed by atoms with Crippen molar-refractivity contribution in [3.63, 3.8) is 0 Å². The molecule has 0 spiro atoms. The van der Waals surface area contributed by atoms with E-state index in [1.54, 1.807) is 31.2 Å². The van der Waals surface area contributed by atoms with Crippen molar-refractivity contribution in [2.75, 3.05) is 32.1 Å². The smallest absolute Gasteiger partial charge is 0.348 e. The molecule has 1 amide bonds. The summed E-state index contributed by atoms with van der Waals surface area (Å²) in [6.45, 7) is 2.53. The Kier molecular flexibility index (Phi) is 7.65. The van der Waals surface area contributed by atoms with E-state index in [2.05, 4.69) is 5.32 Å². The number of amides is 1. The van der Waals surface area contributed by atoms with Gasteiger partial charge in [-0.15, -0.1) is 11.3 Å². The van der Waals surface area contributed by atoms with Crippen LogP contribution in [-0.4, -0.2) is 51.4 Å². The standard InChI is InChI=1S/C24H25ClN2O6S2/c1-3-33-19-6-4-17(25)14-22(19)35(30,31)27-10-8-15(9-11-27)23(28)26-18-5-7-20-16(12-18)13-21(34-20)24(29)32-2/h4-7,12-15H,3,8-11H2,1-2H3,(H,26,28). The first-order valence-corrected chi connectivity index (χ1v) is 13.7. The van der Waals surface area contributed by atoms with Crippen LogP contribution < -0.4 is 10.1 Å². The Morgan fingerprint density at radius 2 is 1.89 bits per heavy atom. The predicted octanol–water partition coefficient (Wildman–Crippen LogP) is 4.78. The summed E-state index contributed by atoms with van der Waals surface area (Å²) in [5.74, 6) is -0.626. The molecule has 8 nitrogen and oxygen atoms in total. The number of thiophene rings is 1. The van der Waals surface area contributed by atoms with Crippen LogP contribution in [0.5, 0.6) is 5.75 Å². The van der Waals surface area contributed by atoms with Crippen molar-refractivity contribution >= 4 is 60.6 Å². The van der Waals surface area contributed by atoms with Crippen LogP contribution in [0.2, 0.25) is 5.02 Å². The number of halogens is 1. The Balaban J connectivity index is 1.42. The van der Waals surface area contributed by atoms with Gasteiger partial charge in [0.1, 0.15) is 15.5 Å². The SMILES string of the molecule is CCOc1ccc(Cl)cc1S(=O)(=O)N1CCC(C(=O)Nc2ccc3sc(C(=O)OC)cc3c2)CC1. The number of piperidine rings is 1. The monoisotopic (exact) mass is 536 g/mol. The lowest BCUT2D eigenvalue weighted by Gasteiger charge is -2.31. The number of carbonyl (C=O) groups excluding carboxylic acids is 2. The van der Waals surface area contributed by atoms with Gasteiger partial charge in [-0.2, -0.15) is 4.31 Å². The fourth-order valence-corrected chi connectivity index (χ4v) is 6.85. The van der Waals surface area contributed by atoms with Gasteiger partial charge in [0.05, 0.1) is 13.7 Å². The number of methoxy groups -OCH3 is 1. The Morgan fingerprint density at radius 1 is 1.14 bits per heavy atom. The number of hydrogen-bond donors (Lipinski definition) is 1. The summed E-state index contributed by atoms with van der Waals surface area (Å²) in [5.41, 5.74) is 0.618. The molecule has 0 unspecified atom stereocenters. The zero-order chi connectivity index (χ0) is 25.2. The predicted molar refractivity (Wildman–Crippen MR) is 136 cm³/mol. The molecule has 1 aliphatic heterocycles. The van der Waals surface area contributed by atoms with Gasteiger partial charge in [0.25, 0.3) is 0 Å². The minimum atomic E-state index is -3.82. The van der Waals surface area contributed by atoms with Gasteiger partial charge < -0.3 is 14.8 Å². The van der Waals surface area contributed by atoms with Crippen molar-refractivity contribution in [3.8, 4) is 5.75 Å². The van der Waals surface area contributed by atoms with Crippen LogP contribution in [0.4, 0.5) is 5.69 Å². The van der Waals surface area contributed by atoms with E-state index in [0.29, 0.717) is 35.0 Å². The van der Waals surface area contributed by atoms with E-state index in [1.165, 1.54) is 28.8 Å². The molecular formula is C24H25ClN2O6S2. The number of ether oxygens (including phenoxy) is 2. The van der Waals surface area contributed by atoms with E-state index >= 15 is 0 Å². The van der Waals surface area contributed by atoms with E-state index < -0.39 is 16.0 Å². The van der Waals surface area contributed by atoms with Crippen LogP contribution in [0.25, 0.3) is 10.1 Å². The Labute approximate surface area is 212 Å². The summed E-state index contributed by atoms with van der Waals surface area (Å²) in [4.78, 5) is 25.2. The third-order valence-corrected chi connectivity index (χ3v) is 9.07. The molecule has 1 aromatic heterocycles. The van der Waals surface area contributed by atoms with E-state index in [0.717, 1.165) is 10.1 Å². The maximum atomic E-state index is 13.3. The summed E-state index contributed by atoms with van der Waals surface area (Å²) < 4.78 is 39.0. The van der Waals surface area contributed by atoms with Gasteiger partial charge in [-0.3, -0.25) is 4.79 Å². The van der Waals surface area contributed by atoms with E-state index in [4.69, 9.17) is 21.1 Å². The van der Waals surface area contributed by atoms with Crippen molar-refractivity contribution in [3.05, 3.63) is 52.4 Å². The lowest BCUT2D eigenvalue weighted by atomic mass is 9.97. The topological polar surface area (TPSA) is 102 Å². The van der Waals surface area contributed by atoms with Crippen molar-refractivity contribution in [2.45, 2.75) is 24.7 Å². The molecule has 2 heterocycles. The Bertz CT molecular complexity index is 1360. The summed E-state index contributed by atoms with van der Waals surface area (Å²) in [6, 6.07) is 11.7. The normalized spacial score (nSPS) is 15.2. The Hall–Kier alpha value is -2.66. The largest absolute Gasteiger partial charge is 0.492 e. The fraction of sp³-hybridized carbons (Fsp3) is 0.333. The number of fused-ring (bicyclic) bond motifs is 1. The molecule has 186 valence electrons. The van der Waals surface area contributed by atoms with Crippen molar-refractivity contribution in [1.29, 1.82) is 0 Å². The number of nitrogens with zero attached hydrogens (tertiary/aromatic N) is 1. The molecule has 1 fully saturated rings. The van der Waals surface area contributed by atoms with Gasteiger partial charge >= 0.3 is 5.97 Å². The van der Waals surface area contributed by atoms with Crippen LogP contribution in [-0.2, 0) is 19.6 Å². The van der Waals surface area contributed by atoms with Crippen LogP contribution >= 0.6 is 22.9 Å². The maximum Gasteiger partial charge on any atom is 0.348 e. The average Bonchev–Trinajstić information content (AvgIpc) is 3.28. The summed E-state index contributed by atoms with van der Waals surface area (Å²) in [5, 5.41) is 4.06. The number of esters is 1. The summed E-state index contributed by atoms with van der Waals surface area (Å²) >= 11 is 7.37. The van der Waals surface area contributed by atoms with Gasteiger partial charge in [0.15, 0.2) is 0 Å². The number of anilines is 1. The van der Waals surface area contributed by atoms with Crippen LogP contribution in [0, 0.1) is 5.92 Å². The summed E-state index contributed by atoms with van der Waals surface area (Å²) in [6.07, 6.45) is 0.783. The molecule has 1 aliphatic rings. The highest BCUT2D eigenvalue weighted by atomic mass is 35.5. The Morgan fingerprint density at radius 3 is 2.57 bits per heavy atom. The highest BCUT2D eigenvalue weighted by molar-refractivity contribution is 7.89. The molecule has 1 N–H and O–H groups in total. The number of hydrogen-bond acceptors (Lipinski definition) is 7. The molecule has 0 saturated carbocycles. The lowest BCUT2D eigenvalue weighted by Crippen LogP contribution is -2.41. The summed E-state index contributed by atoms with van der Waals surface area (Å²) in [7, 11) is -2.49. The maximum absolute atomic E-state index is 13.3. The molecule has 35 heavy (non-hydrogen) atoms. The van der Waals surface area contributed by atoms with Gasteiger partial charge in [-0.05, 0) is 67.6 Å². The van der Waals surface area contributed by atoms with Crippen LogP contribution in [0.3, 0.4) is 0 Å². The van der Waals surface area contributed by atoms with Crippen molar-refractivity contribution in [1.82, 2.24) is 4.31 Å². The quantitative estimate of drug-likeness (QED) is 0.436. The van der Waals surface area contributed by atoms with E-state index in [-0.39, 0.29) is 35.6 Å². The first-order chi connectivity index (χ1) is 16.7. The molecule has 0 bridgehead atoms. The number of benzene rings is 2. The first-order valence-electron chi connectivity index (χ1n) is 11.1. The molecular weight excluding hydrogens is 512 g/mol. The van der Waals surface area contributed by atoms with Crippen LogP contribution in [0.15, 0.2) is 47.4 Å². The fourth-order valence-electron chi connectivity index (χ4n) is 4.02. The number of rotatable bonds is 7. The molecule has 0 radical (unpaired) electrons. The average molecular weight is 537 g/mol. The highest BCUT2D eigenvalue weighted by Crippen LogP contribution is 2.33. The van der Waals surface area contributed by atoms with Gasteiger partial charge in [-0.25, -0.2) is 13.2 Å². The minimum absolute atomic E-state index is 0.0325. The molecule has 0 atom stereocenters. The molecule has 4 rings (SSSR count). The second-order valence-corrected chi connectivity index (χ2v) is 11.5. The van der Waals surface area contributed by atoms with E-state index in [1.807, 2.05) is 12.1 Å². The highest BCUT2D eigenvalue weighted by Gasteiger charge is 2.34. The van der Waals surface area contributed by atoms with Crippen LogP contribution in [0.1, 0.15) is 29.4 Å². The van der Waals surface area contributed by atoms with E-state index in [9.17, 15) is 18.0 Å². The molecule has 0 aliphatic carbocycles. The first kappa shape index (κ1) is 25.4. The third-order valence-electron chi connectivity index (χ3n) is 5.82. The molecule has 3 aromatic rings. The molecule has 2 aromatic carbocycles. The van der Waals surface area contributed by atoms with Crippen molar-refractivity contribution < 1.29 is 27.5 Å².